The Labute approximate surface area is 165 Å². The lowest BCUT2D eigenvalue weighted by Crippen LogP contribution is -2.16. The Kier molecular flexibility index (Phi) is 5.89. The van der Waals surface area contributed by atoms with E-state index in [1.807, 2.05) is 44.2 Å². The quantitative estimate of drug-likeness (QED) is 0.672. The highest BCUT2D eigenvalue weighted by Crippen LogP contribution is 2.25. The van der Waals surface area contributed by atoms with Crippen molar-refractivity contribution in [2.24, 2.45) is 0 Å². The molecule has 1 amide bonds. The zero-order valence-electron chi connectivity index (χ0n) is 16.5. The number of hydrogen-bond acceptors (Lipinski definition) is 5. The zero-order chi connectivity index (χ0) is 20.1. The molecule has 1 heterocycles. The predicted molar refractivity (Wildman–Crippen MR) is 111 cm³/mol. The van der Waals surface area contributed by atoms with Gasteiger partial charge in [0.2, 0.25) is 5.95 Å². The molecule has 3 aromatic rings. The van der Waals surface area contributed by atoms with Crippen molar-refractivity contribution in [3.05, 3.63) is 76.6 Å². The number of anilines is 2. The molecule has 3 rings (SSSR count). The SMILES string of the molecule is COc1ccc(C)cc1NC(=O)c1cc(C)nc(NCc2cccc(C)c2)n1. The highest BCUT2D eigenvalue weighted by molar-refractivity contribution is 6.04. The van der Waals surface area contributed by atoms with Crippen molar-refractivity contribution in [3.63, 3.8) is 0 Å². The summed E-state index contributed by atoms with van der Waals surface area (Å²) in [6.07, 6.45) is 0. The number of carbonyl (C=O) groups is 1. The summed E-state index contributed by atoms with van der Waals surface area (Å²) in [5, 5.41) is 6.07. The second-order valence-electron chi connectivity index (χ2n) is 6.72. The first kappa shape index (κ1) is 19.4. The van der Waals surface area contributed by atoms with Gasteiger partial charge in [0.15, 0.2) is 0 Å². The van der Waals surface area contributed by atoms with Crippen molar-refractivity contribution in [1.82, 2.24) is 9.97 Å². The number of nitrogens with zero attached hydrogens (tertiary/aromatic N) is 2. The maximum Gasteiger partial charge on any atom is 0.274 e. The molecular weight excluding hydrogens is 352 g/mol. The van der Waals surface area contributed by atoms with Gasteiger partial charge < -0.3 is 15.4 Å². The normalized spacial score (nSPS) is 10.4. The number of nitrogens with one attached hydrogen (secondary N) is 2. The first-order chi connectivity index (χ1) is 13.4. The minimum Gasteiger partial charge on any atom is -0.495 e. The van der Waals surface area contributed by atoms with E-state index < -0.39 is 0 Å². The predicted octanol–water partition coefficient (Wildman–Crippen LogP) is 4.27. The van der Waals surface area contributed by atoms with Gasteiger partial charge in [-0.15, -0.1) is 0 Å². The molecule has 0 bridgehead atoms. The van der Waals surface area contributed by atoms with Crippen LogP contribution in [-0.4, -0.2) is 23.0 Å². The number of amides is 1. The van der Waals surface area contributed by atoms with Crippen LogP contribution in [0.15, 0.2) is 48.5 Å². The van der Waals surface area contributed by atoms with E-state index in [0.29, 0.717) is 35.3 Å². The molecule has 0 aliphatic carbocycles. The van der Waals surface area contributed by atoms with Crippen molar-refractivity contribution < 1.29 is 9.53 Å². The Morgan fingerprint density at radius 3 is 2.54 bits per heavy atom. The monoisotopic (exact) mass is 376 g/mol. The topological polar surface area (TPSA) is 76.1 Å². The largest absolute Gasteiger partial charge is 0.495 e. The number of hydrogen-bond donors (Lipinski definition) is 2. The molecule has 28 heavy (non-hydrogen) atoms. The van der Waals surface area contributed by atoms with E-state index in [9.17, 15) is 4.79 Å². The van der Waals surface area contributed by atoms with Crippen LogP contribution in [0.3, 0.4) is 0 Å². The standard InChI is InChI=1S/C22H24N4O2/c1-14-6-5-7-17(10-14)13-23-22-24-16(3)12-19(26-22)21(27)25-18-11-15(2)8-9-20(18)28-4/h5-12H,13H2,1-4H3,(H,25,27)(H,23,24,26). The lowest BCUT2D eigenvalue weighted by atomic mass is 10.1. The molecule has 0 radical (unpaired) electrons. The van der Waals surface area contributed by atoms with Crippen LogP contribution in [0.5, 0.6) is 5.75 Å². The average molecular weight is 376 g/mol. The minimum absolute atomic E-state index is 0.294. The van der Waals surface area contributed by atoms with Crippen molar-refractivity contribution in [2.75, 3.05) is 17.7 Å². The van der Waals surface area contributed by atoms with Crippen molar-refractivity contribution in [1.29, 1.82) is 0 Å². The number of aryl methyl sites for hydroxylation is 3. The Morgan fingerprint density at radius 1 is 1.00 bits per heavy atom. The highest BCUT2D eigenvalue weighted by Gasteiger charge is 2.13. The van der Waals surface area contributed by atoms with E-state index in [1.165, 1.54) is 5.56 Å². The van der Waals surface area contributed by atoms with Crippen LogP contribution in [0, 0.1) is 20.8 Å². The number of rotatable bonds is 6. The van der Waals surface area contributed by atoms with Gasteiger partial charge in [-0.05, 0) is 50.1 Å². The molecule has 0 saturated carbocycles. The van der Waals surface area contributed by atoms with Crippen LogP contribution in [0.2, 0.25) is 0 Å². The summed E-state index contributed by atoms with van der Waals surface area (Å²) in [6, 6.07) is 15.5. The number of benzene rings is 2. The molecule has 6 nitrogen and oxygen atoms in total. The number of aromatic nitrogens is 2. The molecule has 0 aliphatic heterocycles. The fraction of sp³-hybridized carbons (Fsp3) is 0.227. The number of carbonyl (C=O) groups excluding carboxylic acids is 1. The van der Waals surface area contributed by atoms with Crippen LogP contribution in [-0.2, 0) is 6.54 Å². The second kappa shape index (κ2) is 8.52. The van der Waals surface area contributed by atoms with Crippen molar-refractivity contribution in [2.45, 2.75) is 27.3 Å². The summed E-state index contributed by atoms with van der Waals surface area (Å²) in [6.45, 7) is 6.42. The maximum atomic E-state index is 12.7. The minimum atomic E-state index is -0.312. The fourth-order valence-corrected chi connectivity index (χ4v) is 2.87. The van der Waals surface area contributed by atoms with Gasteiger partial charge in [-0.1, -0.05) is 35.9 Å². The number of ether oxygens (including phenoxy) is 1. The molecule has 144 valence electrons. The third-order valence-corrected chi connectivity index (χ3v) is 4.22. The van der Waals surface area contributed by atoms with Crippen LogP contribution in [0.4, 0.5) is 11.6 Å². The zero-order valence-corrected chi connectivity index (χ0v) is 16.5. The Morgan fingerprint density at radius 2 is 1.79 bits per heavy atom. The average Bonchev–Trinajstić information content (AvgIpc) is 2.66. The molecule has 0 saturated heterocycles. The third kappa shape index (κ3) is 4.85. The van der Waals surface area contributed by atoms with Gasteiger partial charge in [-0.25, -0.2) is 9.97 Å². The first-order valence-corrected chi connectivity index (χ1v) is 9.05. The van der Waals surface area contributed by atoms with Gasteiger partial charge in [-0.3, -0.25) is 4.79 Å². The number of methoxy groups -OCH3 is 1. The molecule has 0 fully saturated rings. The molecule has 2 aromatic carbocycles. The fourth-order valence-electron chi connectivity index (χ4n) is 2.87. The van der Waals surface area contributed by atoms with Crippen LogP contribution < -0.4 is 15.4 Å². The van der Waals surface area contributed by atoms with E-state index in [4.69, 9.17) is 4.74 Å². The summed E-state index contributed by atoms with van der Waals surface area (Å²) >= 11 is 0. The molecule has 2 N–H and O–H groups in total. The molecule has 0 spiro atoms. The Hall–Kier alpha value is -3.41. The van der Waals surface area contributed by atoms with E-state index in [2.05, 4.69) is 39.7 Å². The van der Waals surface area contributed by atoms with Gasteiger partial charge in [0.1, 0.15) is 11.4 Å². The van der Waals surface area contributed by atoms with Gasteiger partial charge in [0.25, 0.3) is 5.91 Å². The lowest BCUT2D eigenvalue weighted by Gasteiger charge is -2.12. The Balaban J connectivity index is 1.77. The highest BCUT2D eigenvalue weighted by atomic mass is 16.5. The second-order valence-corrected chi connectivity index (χ2v) is 6.72. The molecular formula is C22H24N4O2. The molecule has 1 aromatic heterocycles. The van der Waals surface area contributed by atoms with Crippen molar-refractivity contribution >= 4 is 17.5 Å². The van der Waals surface area contributed by atoms with Crippen molar-refractivity contribution in [3.8, 4) is 5.75 Å². The van der Waals surface area contributed by atoms with Gasteiger partial charge in [0, 0.05) is 12.2 Å². The maximum absolute atomic E-state index is 12.7. The summed E-state index contributed by atoms with van der Waals surface area (Å²) < 4.78 is 5.32. The van der Waals surface area contributed by atoms with Crippen LogP contribution in [0.25, 0.3) is 0 Å². The third-order valence-electron chi connectivity index (χ3n) is 4.22. The van der Waals surface area contributed by atoms with Gasteiger partial charge in [-0.2, -0.15) is 0 Å². The van der Waals surface area contributed by atoms with Crippen LogP contribution in [0.1, 0.15) is 32.9 Å². The summed E-state index contributed by atoms with van der Waals surface area (Å²) in [5.74, 6) is 0.707. The van der Waals surface area contributed by atoms with E-state index in [0.717, 1.165) is 11.1 Å². The van der Waals surface area contributed by atoms with Gasteiger partial charge in [0.05, 0.1) is 12.8 Å². The molecule has 0 unspecified atom stereocenters. The summed E-state index contributed by atoms with van der Waals surface area (Å²) in [5.41, 5.74) is 4.96. The molecule has 0 atom stereocenters. The summed E-state index contributed by atoms with van der Waals surface area (Å²) in [4.78, 5) is 21.5. The first-order valence-electron chi connectivity index (χ1n) is 9.05. The summed E-state index contributed by atoms with van der Waals surface area (Å²) in [7, 11) is 1.57. The molecule has 6 heteroatoms. The van der Waals surface area contributed by atoms with E-state index in [1.54, 1.807) is 13.2 Å². The van der Waals surface area contributed by atoms with E-state index >= 15 is 0 Å². The van der Waals surface area contributed by atoms with Gasteiger partial charge >= 0.3 is 0 Å². The molecule has 0 aliphatic rings. The lowest BCUT2D eigenvalue weighted by molar-refractivity contribution is 0.102. The van der Waals surface area contributed by atoms with E-state index in [-0.39, 0.29) is 5.91 Å². The smallest absolute Gasteiger partial charge is 0.274 e. The van der Waals surface area contributed by atoms with Crippen LogP contribution >= 0.6 is 0 Å². The Bertz CT molecular complexity index is 1000.